The highest BCUT2D eigenvalue weighted by Gasteiger charge is 2.23. The zero-order valence-electron chi connectivity index (χ0n) is 20.9. The van der Waals surface area contributed by atoms with Gasteiger partial charge in [-0.05, 0) is 68.8 Å². The summed E-state index contributed by atoms with van der Waals surface area (Å²) in [6, 6.07) is 20.1. The van der Waals surface area contributed by atoms with Gasteiger partial charge in [-0.2, -0.15) is 0 Å². The van der Waals surface area contributed by atoms with Gasteiger partial charge < -0.3 is 20.5 Å². The van der Waals surface area contributed by atoms with Gasteiger partial charge in [0, 0.05) is 29.2 Å². The summed E-state index contributed by atoms with van der Waals surface area (Å²) in [6.45, 7) is 5.52. The molecule has 0 bridgehead atoms. The van der Waals surface area contributed by atoms with E-state index in [0.29, 0.717) is 56.6 Å². The standard InChI is InChI=1S/C28H24ClN7O2/c1-16-12-13-30-23(14-16)35-25-15-24(31-18(3)32-25)33-19-8-10-20(11-9-19)34-28(37)26-17(2)38-36-27(26)21-6-4-5-7-22(21)29/h4-15H,1-3H3,(H,34,37)(H2,30,31,32,33,35). The molecule has 0 saturated carbocycles. The van der Waals surface area contributed by atoms with Crippen molar-refractivity contribution in [3.63, 3.8) is 0 Å². The lowest BCUT2D eigenvalue weighted by Gasteiger charge is -2.11. The molecular weight excluding hydrogens is 502 g/mol. The first kappa shape index (κ1) is 24.9. The van der Waals surface area contributed by atoms with E-state index in [1.54, 1.807) is 43.5 Å². The van der Waals surface area contributed by atoms with Gasteiger partial charge in [0.15, 0.2) is 0 Å². The Balaban J connectivity index is 1.29. The number of nitrogens with one attached hydrogen (secondary N) is 3. The molecule has 0 aliphatic heterocycles. The molecule has 3 N–H and O–H groups in total. The van der Waals surface area contributed by atoms with E-state index in [4.69, 9.17) is 16.1 Å². The summed E-state index contributed by atoms with van der Waals surface area (Å²) < 4.78 is 5.31. The van der Waals surface area contributed by atoms with Gasteiger partial charge in [0.05, 0.1) is 5.02 Å². The van der Waals surface area contributed by atoms with Gasteiger partial charge in [-0.15, -0.1) is 0 Å². The van der Waals surface area contributed by atoms with Crippen molar-refractivity contribution in [2.45, 2.75) is 20.8 Å². The van der Waals surface area contributed by atoms with E-state index in [2.05, 4.69) is 36.1 Å². The minimum Gasteiger partial charge on any atom is -0.360 e. The van der Waals surface area contributed by atoms with Crippen LogP contribution >= 0.6 is 11.6 Å². The van der Waals surface area contributed by atoms with Crippen molar-refractivity contribution in [2.75, 3.05) is 16.0 Å². The van der Waals surface area contributed by atoms with Gasteiger partial charge in [-0.25, -0.2) is 15.0 Å². The number of aryl methyl sites for hydroxylation is 3. The highest BCUT2D eigenvalue weighted by Crippen LogP contribution is 2.31. The van der Waals surface area contributed by atoms with Gasteiger partial charge in [0.25, 0.3) is 5.91 Å². The Kier molecular flexibility index (Phi) is 7.01. The number of nitrogens with zero attached hydrogens (tertiary/aromatic N) is 4. The molecule has 3 aromatic heterocycles. The largest absolute Gasteiger partial charge is 0.360 e. The summed E-state index contributed by atoms with van der Waals surface area (Å²) in [5, 5.41) is 13.9. The fourth-order valence-electron chi connectivity index (χ4n) is 3.89. The molecule has 10 heteroatoms. The Hall–Kier alpha value is -4.76. The number of carbonyl (C=O) groups excluding carboxylic acids is 1. The van der Waals surface area contributed by atoms with Gasteiger partial charge in [-0.1, -0.05) is 35.0 Å². The first-order valence-corrected chi connectivity index (χ1v) is 12.2. The molecule has 3 heterocycles. The minimum atomic E-state index is -0.341. The number of halogens is 1. The Bertz CT molecular complexity index is 1620. The molecule has 2 aromatic carbocycles. The average molecular weight is 526 g/mol. The fraction of sp³-hybridized carbons (Fsp3) is 0.107. The number of carbonyl (C=O) groups is 1. The molecule has 0 fully saturated rings. The molecule has 0 unspecified atom stereocenters. The van der Waals surface area contributed by atoms with E-state index in [1.165, 1.54) is 0 Å². The molecule has 5 rings (SSSR count). The third-order valence-electron chi connectivity index (χ3n) is 5.64. The van der Waals surface area contributed by atoms with E-state index in [1.807, 2.05) is 50.2 Å². The molecule has 0 spiro atoms. The SMILES string of the molecule is Cc1ccnc(Nc2cc(Nc3ccc(NC(=O)c4c(-c5ccccc5Cl)noc4C)cc3)nc(C)n2)c1. The molecular formula is C28H24ClN7O2. The fourth-order valence-corrected chi connectivity index (χ4v) is 4.11. The van der Waals surface area contributed by atoms with Gasteiger partial charge in [0.2, 0.25) is 0 Å². The van der Waals surface area contributed by atoms with E-state index in [0.717, 1.165) is 11.3 Å². The number of aromatic nitrogens is 4. The highest BCUT2D eigenvalue weighted by molar-refractivity contribution is 6.33. The maximum atomic E-state index is 13.1. The van der Waals surface area contributed by atoms with Crippen LogP contribution in [0.3, 0.4) is 0 Å². The van der Waals surface area contributed by atoms with Crippen molar-refractivity contribution in [1.29, 1.82) is 0 Å². The first-order valence-electron chi connectivity index (χ1n) is 11.8. The zero-order chi connectivity index (χ0) is 26.6. The predicted octanol–water partition coefficient (Wildman–Crippen LogP) is 6.84. The van der Waals surface area contributed by atoms with Crippen LogP contribution in [0.5, 0.6) is 0 Å². The van der Waals surface area contributed by atoms with Crippen molar-refractivity contribution in [2.24, 2.45) is 0 Å². The molecule has 0 saturated heterocycles. The van der Waals surface area contributed by atoms with Crippen LogP contribution in [0.15, 0.2) is 77.4 Å². The van der Waals surface area contributed by atoms with Crippen LogP contribution in [0.2, 0.25) is 5.02 Å². The molecule has 0 radical (unpaired) electrons. The number of pyridine rings is 1. The third-order valence-corrected chi connectivity index (χ3v) is 5.97. The van der Waals surface area contributed by atoms with Gasteiger partial charge in [0.1, 0.15) is 40.3 Å². The molecule has 9 nitrogen and oxygen atoms in total. The van der Waals surface area contributed by atoms with Crippen LogP contribution in [-0.4, -0.2) is 26.0 Å². The number of hydrogen-bond acceptors (Lipinski definition) is 8. The molecule has 5 aromatic rings. The third kappa shape index (κ3) is 5.63. The van der Waals surface area contributed by atoms with Crippen molar-refractivity contribution in [3.05, 3.63) is 101 Å². The second-order valence-corrected chi connectivity index (χ2v) is 9.03. The second kappa shape index (κ2) is 10.7. The maximum Gasteiger partial charge on any atom is 0.261 e. The molecule has 1 amide bonds. The average Bonchev–Trinajstić information content (AvgIpc) is 3.26. The number of rotatable bonds is 7. The van der Waals surface area contributed by atoms with E-state index in [9.17, 15) is 4.79 Å². The van der Waals surface area contributed by atoms with Crippen LogP contribution < -0.4 is 16.0 Å². The maximum absolute atomic E-state index is 13.1. The van der Waals surface area contributed by atoms with Crippen LogP contribution in [0.1, 0.15) is 27.5 Å². The quantitative estimate of drug-likeness (QED) is 0.211. The number of amides is 1. The molecule has 38 heavy (non-hydrogen) atoms. The summed E-state index contributed by atoms with van der Waals surface area (Å²) in [7, 11) is 0. The van der Waals surface area contributed by atoms with Crippen LogP contribution in [-0.2, 0) is 0 Å². The van der Waals surface area contributed by atoms with Crippen LogP contribution in [0.4, 0.5) is 28.8 Å². The zero-order valence-corrected chi connectivity index (χ0v) is 21.7. The van der Waals surface area contributed by atoms with Crippen molar-refractivity contribution >= 4 is 46.3 Å². The molecule has 0 aliphatic rings. The smallest absolute Gasteiger partial charge is 0.261 e. The summed E-state index contributed by atoms with van der Waals surface area (Å²) in [5.74, 6) is 2.61. The number of benzene rings is 2. The summed E-state index contributed by atoms with van der Waals surface area (Å²) >= 11 is 6.32. The van der Waals surface area contributed by atoms with E-state index >= 15 is 0 Å². The van der Waals surface area contributed by atoms with Crippen molar-refractivity contribution < 1.29 is 9.32 Å². The molecule has 0 aliphatic carbocycles. The Morgan fingerprint density at radius 2 is 1.55 bits per heavy atom. The Morgan fingerprint density at radius 3 is 2.29 bits per heavy atom. The minimum absolute atomic E-state index is 0.333. The van der Waals surface area contributed by atoms with E-state index < -0.39 is 0 Å². The van der Waals surface area contributed by atoms with Crippen LogP contribution in [0, 0.1) is 20.8 Å². The van der Waals surface area contributed by atoms with Crippen molar-refractivity contribution in [1.82, 2.24) is 20.1 Å². The van der Waals surface area contributed by atoms with Crippen molar-refractivity contribution in [3.8, 4) is 11.3 Å². The van der Waals surface area contributed by atoms with Gasteiger partial charge >= 0.3 is 0 Å². The normalized spacial score (nSPS) is 10.7. The molecule has 0 atom stereocenters. The highest BCUT2D eigenvalue weighted by atomic mass is 35.5. The molecule has 190 valence electrons. The lowest BCUT2D eigenvalue weighted by Crippen LogP contribution is -2.13. The second-order valence-electron chi connectivity index (χ2n) is 8.63. The topological polar surface area (TPSA) is 118 Å². The lowest BCUT2D eigenvalue weighted by atomic mass is 10.1. The summed E-state index contributed by atoms with van der Waals surface area (Å²) in [6.07, 6.45) is 1.74. The van der Waals surface area contributed by atoms with Gasteiger partial charge in [-0.3, -0.25) is 4.79 Å². The van der Waals surface area contributed by atoms with E-state index in [-0.39, 0.29) is 5.91 Å². The lowest BCUT2D eigenvalue weighted by molar-refractivity contribution is 0.102. The Morgan fingerprint density at radius 1 is 0.842 bits per heavy atom. The Labute approximate surface area is 224 Å². The summed E-state index contributed by atoms with van der Waals surface area (Å²) in [5.41, 5.74) is 3.85. The number of hydrogen-bond donors (Lipinski definition) is 3. The summed E-state index contributed by atoms with van der Waals surface area (Å²) in [4.78, 5) is 26.4. The first-order chi connectivity index (χ1) is 18.4. The number of anilines is 5. The monoisotopic (exact) mass is 525 g/mol. The van der Waals surface area contributed by atoms with Crippen LogP contribution in [0.25, 0.3) is 11.3 Å². The predicted molar refractivity (Wildman–Crippen MR) is 148 cm³/mol.